The molecule has 0 heterocycles. The molecule has 0 fully saturated rings. The second-order valence-electron chi connectivity index (χ2n) is 31.0. The SMILES string of the molecule is CCCCCCCCCCCCCCCCOCCC(NOP(=O)(ONC(CCOCCCCCCCCCCCCCCCC)c1ccc(-c2ccc([N+](=O)[O-])cc2)cc1)ONC(CCOCCCCCCCCCCCCCCCC)c1ccc(-c2ccc([N+](=O)[O-])cc2)cc1)c1ccc(-c2ccc([N+](=O)[O-])cc2)cc1. The van der Waals surface area contributed by atoms with Crippen LogP contribution in [0.25, 0.3) is 33.4 Å². The Balaban J connectivity index is 1.21. The summed E-state index contributed by atoms with van der Waals surface area (Å²) >= 11 is 0. The van der Waals surface area contributed by atoms with Crippen molar-refractivity contribution >= 4 is 24.9 Å². The Kier molecular flexibility index (Phi) is 51.3. The molecule has 3 atom stereocenters. The topological polar surface area (TPSA) is 238 Å². The van der Waals surface area contributed by atoms with Crippen LogP contribution < -0.4 is 16.4 Å². The predicted molar refractivity (Wildman–Crippen MR) is 461 cm³/mol. The van der Waals surface area contributed by atoms with Crippen LogP contribution in [0.3, 0.4) is 0 Å². The van der Waals surface area contributed by atoms with Crippen molar-refractivity contribution in [2.24, 2.45) is 0 Å². The van der Waals surface area contributed by atoms with E-state index in [4.69, 9.17) is 28.1 Å². The fraction of sp³-hybridized carbons (Fsp3) is 0.613. The van der Waals surface area contributed by atoms with Gasteiger partial charge >= 0.3 is 7.82 Å². The van der Waals surface area contributed by atoms with E-state index in [1.165, 1.54) is 268 Å². The monoisotopic (exact) mass is 1580 g/mol. The molecule has 6 aromatic rings. The Morgan fingerprint density at radius 3 is 0.602 bits per heavy atom. The quantitative estimate of drug-likeness (QED) is 0.0139. The van der Waals surface area contributed by atoms with Crippen LogP contribution in [0.1, 0.15) is 345 Å². The van der Waals surface area contributed by atoms with Crippen LogP contribution in [0.5, 0.6) is 0 Å². The first-order valence-electron chi connectivity index (χ1n) is 44.1. The normalized spacial score (nSPS) is 12.9. The van der Waals surface area contributed by atoms with Gasteiger partial charge in [-0.1, -0.05) is 344 Å². The molecule has 0 aliphatic heterocycles. The van der Waals surface area contributed by atoms with Crippen molar-refractivity contribution in [3.8, 4) is 33.4 Å². The van der Waals surface area contributed by atoms with Crippen LogP contribution in [0.2, 0.25) is 0 Å². The average molecular weight is 1580 g/mol. The Morgan fingerprint density at radius 1 is 0.257 bits per heavy atom. The second kappa shape index (κ2) is 60.8. The van der Waals surface area contributed by atoms with E-state index in [9.17, 15) is 30.3 Å². The summed E-state index contributed by atoms with van der Waals surface area (Å²) in [5.74, 6) is 0. The van der Waals surface area contributed by atoms with Gasteiger partial charge in [-0.2, -0.15) is 30.3 Å². The van der Waals surface area contributed by atoms with Gasteiger partial charge in [-0.3, -0.25) is 30.3 Å². The van der Waals surface area contributed by atoms with Crippen molar-refractivity contribution in [1.82, 2.24) is 16.4 Å². The van der Waals surface area contributed by atoms with Gasteiger partial charge in [0.2, 0.25) is 0 Å². The van der Waals surface area contributed by atoms with Crippen molar-refractivity contribution in [3.63, 3.8) is 0 Å². The molecule has 0 saturated carbocycles. The summed E-state index contributed by atoms with van der Waals surface area (Å²) < 4.78 is 54.2. The zero-order chi connectivity index (χ0) is 80.3. The molecule has 19 nitrogen and oxygen atoms in total. The minimum absolute atomic E-state index is 0.000919. The minimum Gasteiger partial charge on any atom is -0.381 e. The van der Waals surface area contributed by atoms with Gasteiger partial charge in [0.15, 0.2) is 0 Å². The molecule has 20 heteroatoms. The lowest BCUT2D eigenvalue weighted by Gasteiger charge is -2.27. The Morgan fingerprint density at radius 2 is 0.425 bits per heavy atom. The zero-order valence-electron chi connectivity index (χ0n) is 69.2. The highest BCUT2D eigenvalue weighted by atomic mass is 31.2. The summed E-state index contributed by atoms with van der Waals surface area (Å²) in [6.45, 7) is 9.60. The molecule has 0 aromatic heterocycles. The molecule has 3 unspecified atom stereocenters. The number of nitro groups is 3. The summed E-state index contributed by atoms with van der Waals surface area (Å²) in [6.07, 6.45) is 54.2. The largest absolute Gasteiger partial charge is 0.524 e. The van der Waals surface area contributed by atoms with E-state index in [1.54, 1.807) is 36.4 Å². The van der Waals surface area contributed by atoms with Crippen molar-refractivity contribution in [2.45, 2.75) is 328 Å². The maximum absolute atomic E-state index is 16.0. The van der Waals surface area contributed by atoms with Crippen LogP contribution in [0, 0.1) is 30.3 Å². The van der Waals surface area contributed by atoms with Crippen molar-refractivity contribution in [1.29, 1.82) is 0 Å². The molecule has 113 heavy (non-hydrogen) atoms. The molecule has 6 aromatic carbocycles. The highest BCUT2D eigenvalue weighted by molar-refractivity contribution is 7.48. The molecule has 626 valence electrons. The molecule has 0 bridgehead atoms. The number of nitrogens with one attached hydrogen (secondary N) is 3. The first-order valence-corrected chi connectivity index (χ1v) is 45.6. The van der Waals surface area contributed by atoms with Crippen LogP contribution in [0.4, 0.5) is 17.1 Å². The summed E-state index contributed by atoms with van der Waals surface area (Å²) in [6, 6.07) is 40.7. The van der Waals surface area contributed by atoms with Gasteiger partial charge in [-0.25, -0.2) is 4.57 Å². The van der Waals surface area contributed by atoms with Gasteiger partial charge in [-0.05, 0) is 125 Å². The molecular formula is C93H141N6O13P. The van der Waals surface area contributed by atoms with Crippen molar-refractivity contribution in [2.75, 3.05) is 39.6 Å². The number of nitro benzene ring substituents is 3. The number of benzene rings is 6. The van der Waals surface area contributed by atoms with Crippen LogP contribution >= 0.6 is 7.82 Å². The summed E-state index contributed by atoms with van der Waals surface area (Å²) in [5, 5.41) is 34.8. The molecule has 0 aliphatic rings. The van der Waals surface area contributed by atoms with Crippen molar-refractivity contribution < 1.29 is 47.4 Å². The third-order valence-electron chi connectivity index (χ3n) is 21.7. The van der Waals surface area contributed by atoms with E-state index in [0.29, 0.717) is 58.9 Å². The molecule has 0 amide bonds. The van der Waals surface area contributed by atoms with Crippen LogP contribution in [-0.2, 0) is 32.6 Å². The van der Waals surface area contributed by atoms with Gasteiger partial charge in [0.05, 0.1) is 32.9 Å². The maximum atomic E-state index is 16.0. The third-order valence-corrected chi connectivity index (χ3v) is 22.7. The lowest BCUT2D eigenvalue weighted by molar-refractivity contribution is -0.385. The number of phosphoric acid groups is 1. The number of hydrogen-bond donors (Lipinski definition) is 3. The van der Waals surface area contributed by atoms with E-state index < -0.39 is 40.7 Å². The molecular weight excluding hydrogens is 1440 g/mol. The fourth-order valence-electron chi connectivity index (χ4n) is 14.5. The molecule has 0 spiro atoms. The molecule has 0 aliphatic carbocycles. The first kappa shape index (κ1) is 95.2. The van der Waals surface area contributed by atoms with Crippen LogP contribution in [0.15, 0.2) is 146 Å². The molecule has 6 rings (SSSR count). The lowest BCUT2D eigenvalue weighted by Crippen LogP contribution is -2.30. The van der Waals surface area contributed by atoms with E-state index in [-0.39, 0.29) is 17.1 Å². The van der Waals surface area contributed by atoms with Gasteiger partial charge in [0, 0.05) is 76.0 Å². The number of unbranched alkanes of at least 4 members (excludes halogenated alkanes) is 39. The summed E-state index contributed by atoms with van der Waals surface area (Å²) in [7, 11) is -4.81. The number of non-ortho nitro benzene ring substituents is 3. The van der Waals surface area contributed by atoms with Gasteiger partial charge < -0.3 is 14.2 Å². The number of nitrogens with zero attached hydrogens (tertiary/aromatic N) is 3. The second-order valence-corrected chi connectivity index (χ2v) is 32.4. The highest BCUT2D eigenvalue weighted by Crippen LogP contribution is 2.49. The van der Waals surface area contributed by atoms with E-state index >= 15 is 4.57 Å². The summed E-state index contributed by atoms with van der Waals surface area (Å²) in [5.41, 5.74) is 16.7. The predicted octanol–water partition coefficient (Wildman–Crippen LogP) is 28.3. The number of ether oxygens (including phenoxy) is 3. The smallest absolute Gasteiger partial charge is 0.381 e. The Bertz CT molecular complexity index is 3080. The van der Waals surface area contributed by atoms with E-state index in [0.717, 1.165) is 88.6 Å². The first-order chi connectivity index (χ1) is 55.4. The lowest BCUT2D eigenvalue weighted by atomic mass is 9.99. The number of hydrogen-bond acceptors (Lipinski definition) is 16. The van der Waals surface area contributed by atoms with Gasteiger partial charge in [0.25, 0.3) is 17.1 Å². The minimum atomic E-state index is -4.81. The highest BCUT2D eigenvalue weighted by Gasteiger charge is 2.34. The van der Waals surface area contributed by atoms with E-state index in [2.05, 4.69) is 37.2 Å². The summed E-state index contributed by atoms with van der Waals surface area (Å²) in [4.78, 5) is 33.5. The average Bonchev–Trinajstić information content (AvgIpc) is 0.864. The van der Waals surface area contributed by atoms with Gasteiger partial charge in [-0.15, -0.1) is 0 Å². The van der Waals surface area contributed by atoms with E-state index in [1.807, 2.05) is 72.8 Å². The maximum Gasteiger partial charge on any atom is 0.524 e. The zero-order valence-corrected chi connectivity index (χ0v) is 70.1. The molecule has 0 radical (unpaired) electrons. The van der Waals surface area contributed by atoms with Gasteiger partial charge in [0.1, 0.15) is 0 Å². The Labute approximate surface area is 678 Å². The Hall–Kier alpha value is -6.61. The standard InChI is InChI=1S/C93H141N6O13P/c1-4-7-10-13-16-19-22-25-28-31-34-37-40-43-73-107-76-70-91(85-52-46-79(47-53-85)82-58-64-88(65-59-82)97(100)101)94-110-113(106,111-95-92(86-54-48-80(49-55-86)83-60-66-89(67-61-83)98(102)103)71-77-108-74-44-41-38-35-32-29-26-23-20-17-14-11-8-5-2)112-96-93(87-56-50-81(51-57-87)84-62-68-90(69-63-84)99(104)105)72-78-109-75-45-42-39-36-33-30-27-24-21-18-15-12-9-6-3/h46-69,91-96H,4-45,70-78H2,1-3H3. The molecule has 3 N–H and O–H groups in total. The van der Waals surface area contributed by atoms with Crippen LogP contribution in [-0.4, -0.2) is 54.4 Å². The third kappa shape index (κ3) is 41.7. The fourth-order valence-corrected chi connectivity index (χ4v) is 15.4. The number of rotatable bonds is 72. The molecule has 0 saturated heterocycles. The number of hydroxylamine groups is 3. The van der Waals surface area contributed by atoms with Crippen molar-refractivity contribution in [3.05, 3.63) is 193 Å².